The molecule has 0 unspecified atom stereocenters. The fourth-order valence-electron chi connectivity index (χ4n) is 1.55. The second kappa shape index (κ2) is 4.23. The van der Waals surface area contributed by atoms with Gasteiger partial charge in [0.1, 0.15) is 5.82 Å². The van der Waals surface area contributed by atoms with E-state index in [-0.39, 0.29) is 0 Å². The minimum absolute atomic E-state index is 0.598. The first-order chi connectivity index (χ1) is 7.33. The Morgan fingerprint density at radius 2 is 1.93 bits per heavy atom. The molecule has 0 radical (unpaired) electrons. The predicted octanol–water partition coefficient (Wildman–Crippen LogP) is 0.983. The third-order valence-electron chi connectivity index (χ3n) is 2.36. The quantitative estimate of drug-likeness (QED) is 0.807. The minimum atomic E-state index is 0.598. The molecule has 0 saturated carbocycles. The lowest BCUT2D eigenvalue weighted by Crippen LogP contribution is -2.08. The highest BCUT2D eigenvalue weighted by Gasteiger charge is 2.08. The smallest absolute Gasteiger partial charge is 0.163 e. The Morgan fingerprint density at radius 1 is 1.20 bits per heavy atom. The summed E-state index contributed by atoms with van der Waals surface area (Å²) in [4.78, 5) is 0. The van der Waals surface area contributed by atoms with Gasteiger partial charge in [0.05, 0.1) is 0 Å². The van der Waals surface area contributed by atoms with Crippen molar-refractivity contribution in [2.75, 3.05) is 6.54 Å². The van der Waals surface area contributed by atoms with E-state index in [1.807, 2.05) is 41.9 Å². The standard InChI is InChI=1S/C11H14N4/c1-15-10(7-8-12)13-14-11(15)9-5-3-2-4-6-9/h2-6H,7-8,12H2,1H3. The number of hydrogen-bond acceptors (Lipinski definition) is 3. The summed E-state index contributed by atoms with van der Waals surface area (Å²) < 4.78 is 1.99. The van der Waals surface area contributed by atoms with Crippen molar-refractivity contribution in [2.45, 2.75) is 6.42 Å². The molecule has 15 heavy (non-hydrogen) atoms. The van der Waals surface area contributed by atoms with Crippen molar-refractivity contribution in [3.63, 3.8) is 0 Å². The zero-order chi connectivity index (χ0) is 10.7. The maximum atomic E-state index is 5.50. The first kappa shape index (κ1) is 9.86. The summed E-state index contributed by atoms with van der Waals surface area (Å²) in [5.74, 6) is 1.82. The Bertz CT molecular complexity index is 433. The van der Waals surface area contributed by atoms with Gasteiger partial charge in [-0.25, -0.2) is 0 Å². The maximum absolute atomic E-state index is 5.50. The molecule has 0 aliphatic rings. The molecule has 1 aromatic carbocycles. The van der Waals surface area contributed by atoms with Gasteiger partial charge >= 0.3 is 0 Å². The van der Waals surface area contributed by atoms with Gasteiger partial charge < -0.3 is 10.3 Å². The molecular formula is C11H14N4. The van der Waals surface area contributed by atoms with Crippen LogP contribution in [0, 0.1) is 0 Å². The number of hydrogen-bond donors (Lipinski definition) is 1. The van der Waals surface area contributed by atoms with Gasteiger partial charge in [0, 0.05) is 19.0 Å². The zero-order valence-corrected chi connectivity index (χ0v) is 8.72. The van der Waals surface area contributed by atoms with E-state index in [2.05, 4.69) is 10.2 Å². The molecule has 0 amide bonds. The Morgan fingerprint density at radius 3 is 2.60 bits per heavy atom. The number of aromatic nitrogens is 3. The summed E-state index contributed by atoms with van der Waals surface area (Å²) in [5, 5.41) is 8.28. The summed E-state index contributed by atoms with van der Waals surface area (Å²) in [7, 11) is 1.97. The topological polar surface area (TPSA) is 56.7 Å². The molecule has 4 nitrogen and oxygen atoms in total. The molecule has 2 N–H and O–H groups in total. The molecule has 0 aliphatic carbocycles. The fourth-order valence-corrected chi connectivity index (χ4v) is 1.55. The van der Waals surface area contributed by atoms with Crippen LogP contribution in [0.2, 0.25) is 0 Å². The molecule has 0 spiro atoms. The summed E-state index contributed by atoms with van der Waals surface area (Å²) in [6.07, 6.45) is 0.760. The largest absolute Gasteiger partial charge is 0.330 e. The summed E-state index contributed by atoms with van der Waals surface area (Å²) in [6, 6.07) is 10.0. The molecule has 78 valence electrons. The number of nitrogens with two attached hydrogens (primary N) is 1. The average Bonchev–Trinajstić information content (AvgIpc) is 2.63. The third-order valence-corrected chi connectivity index (χ3v) is 2.36. The van der Waals surface area contributed by atoms with Gasteiger partial charge in [-0.3, -0.25) is 0 Å². The molecule has 0 saturated heterocycles. The second-order valence-electron chi connectivity index (χ2n) is 3.40. The van der Waals surface area contributed by atoms with Crippen LogP contribution >= 0.6 is 0 Å². The van der Waals surface area contributed by atoms with Gasteiger partial charge in [-0.05, 0) is 6.54 Å². The van der Waals surface area contributed by atoms with E-state index in [4.69, 9.17) is 5.73 Å². The molecular weight excluding hydrogens is 188 g/mol. The van der Waals surface area contributed by atoms with E-state index in [1.54, 1.807) is 0 Å². The summed E-state index contributed by atoms with van der Waals surface area (Å²) in [6.45, 7) is 0.598. The van der Waals surface area contributed by atoms with Gasteiger partial charge in [0.15, 0.2) is 5.82 Å². The maximum Gasteiger partial charge on any atom is 0.163 e. The predicted molar refractivity (Wildman–Crippen MR) is 59.2 cm³/mol. The van der Waals surface area contributed by atoms with Crippen molar-refractivity contribution in [2.24, 2.45) is 12.8 Å². The van der Waals surface area contributed by atoms with E-state index < -0.39 is 0 Å². The lowest BCUT2D eigenvalue weighted by atomic mass is 10.2. The Balaban J connectivity index is 2.38. The first-order valence-electron chi connectivity index (χ1n) is 4.96. The number of benzene rings is 1. The van der Waals surface area contributed by atoms with Crippen molar-refractivity contribution < 1.29 is 0 Å². The van der Waals surface area contributed by atoms with Crippen molar-refractivity contribution in [3.05, 3.63) is 36.2 Å². The van der Waals surface area contributed by atoms with Crippen LogP contribution < -0.4 is 5.73 Å². The summed E-state index contributed by atoms with van der Waals surface area (Å²) in [5.41, 5.74) is 6.58. The molecule has 0 aliphatic heterocycles. The van der Waals surface area contributed by atoms with Crippen molar-refractivity contribution >= 4 is 0 Å². The van der Waals surface area contributed by atoms with Gasteiger partial charge in [-0.1, -0.05) is 30.3 Å². The normalized spacial score (nSPS) is 10.5. The van der Waals surface area contributed by atoms with E-state index in [0.717, 1.165) is 23.6 Å². The molecule has 0 atom stereocenters. The van der Waals surface area contributed by atoms with E-state index in [9.17, 15) is 0 Å². The lowest BCUT2D eigenvalue weighted by Gasteiger charge is -2.02. The van der Waals surface area contributed by atoms with Gasteiger partial charge in [-0.2, -0.15) is 0 Å². The Kier molecular flexibility index (Phi) is 2.78. The van der Waals surface area contributed by atoms with E-state index >= 15 is 0 Å². The molecule has 0 fully saturated rings. The van der Waals surface area contributed by atoms with Crippen LogP contribution in [-0.2, 0) is 13.5 Å². The number of rotatable bonds is 3. The van der Waals surface area contributed by atoms with Gasteiger partial charge in [0.2, 0.25) is 0 Å². The van der Waals surface area contributed by atoms with E-state index in [1.165, 1.54) is 0 Å². The van der Waals surface area contributed by atoms with Crippen LogP contribution in [0.25, 0.3) is 11.4 Å². The minimum Gasteiger partial charge on any atom is -0.330 e. The fraction of sp³-hybridized carbons (Fsp3) is 0.273. The van der Waals surface area contributed by atoms with Crippen LogP contribution in [0.1, 0.15) is 5.82 Å². The highest BCUT2D eigenvalue weighted by atomic mass is 15.3. The zero-order valence-electron chi connectivity index (χ0n) is 8.72. The van der Waals surface area contributed by atoms with Crippen molar-refractivity contribution in [1.82, 2.24) is 14.8 Å². The van der Waals surface area contributed by atoms with Crippen molar-refractivity contribution in [3.8, 4) is 11.4 Å². The van der Waals surface area contributed by atoms with Crippen LogP contribution in [0.15, 0.2) is 30.3 Å². The lowest BCUT2D eigenvalue weighted by molar-refractivity contribution is 0.780. The van der Waals surface area contributed by atoms with E-state index in [0.29, 0.717) is 6.54 Å². The molecule has 2 rings (SSSR count). The second-order valence-corrected chi connectivity index (χ2v) is 3.40. The van der Waals surface area contributed by atoms with Gasteiger partial charge in [-0.15, -0.1) is 10.2 Å². The Labute approximate surface area is 88.8 Å². The molecule has 0 bridgehead atoms. The van der Waals surface area contributed by atoms with Gasteiger partial charge in [0.25, 0.3) is 0 Å². The van der Waals surface area contributed by atoms with Crippen LogP contribution in [0.5, 0.6) is 0 Å². The SMILES string of the molecule is Cn1c(CCN)nnc1-c1ccccc1. The van der Waals surface area contributed by atoms with Crippen molar-refractivity contribution in [1.29, 1.82) is 0 Å². The highest BCUT2D eigenvalue weighted by molar-refractivity contribution is 5.54. The monoisotopic (exact) mass is 202 g/mol. The summed E-state index contributed by atoms with van der Waals surface area (Å²) >= 11 is 0. The van der Waals surface area contributed by atoms with Crippen LogP contribution in [-0.4, -0.2) is 21.3 Å². The molecule has 1 aromatic heterocycles. The average molecular weight is 202 g/mol. The third kappa shape index (κ3) is 1.89. The molecule has 4 heteroatoms. The molecule has 1 heterocycles. The van der Waals surface area contributed by atoms with Crippen LogP contribution in [0.3, 0.4) is 0 Å². The highest BCUT2D eigenvalue weighted by Crippen LogP contribution is 2.16. The molecule has 2 aromatic rings. The Hall–Kier alpha value is -1.68. The van der Waals surface area contributed by atoms with Crippen LogP contribution in [0.4, 0.5) is 0 Å². The first-order valence-corrected chi connectivity index (χ1v) is 4.96. The number of nitrogens with zero attached hydrogens (tertiary/aromatic N) is 3.